The van der Waals surface area contributed by atoms with E-state index in [9.17, 15) is 14.4 Å². The fourth-order valence-corrected chi connectivity index (χ4v) is 4.59. The molecule has 2 saturated heterocycles. The van der Waals surface area contributed by atoms with Crippen LogP contribution in [0.15, 0.2) is 29.4 Å². The zero-order valence-corrected chi connectivity index (χ0v) is 18.0. The van der Waals surface area contributed by atoms with Crippen molar-refractivity contribution >= 4 is 29.6 Å². The molecule has 2 aliphatic rings. The number of methoxy groups -OCH3 is 1. The molecule has 0 aliphatic carbocycles. The fourth-order valence-electron chi connectivity index (χ4n) is 3.72. The van der Waals surface area contributed by atoms with Crippen molar-refractivity contribution in [3.05, 3.63) is 30.1 Å². The summed E-state index contributed by atoms with van der Waals surface area (Å²) in [5.74, 6) is 1.35. The third kappa shape index (κ3) is 4.98. The molecule has 31 heavy (non-hydrogen) atoms. The van der Waals surface area contributed by atoms with Gasteiger partial charge < -0.3 is 15.0 Å². The first-order valence-corrected chi connectivity index (χ1v) is 11.1. The smallest absolute Gasteiger partial charge is 0.321 e. The molecular weight excluding hydrogens is 420 g/mol. The summed E-state index contributed by atoms with van der Waals surface area (Å²) in [6, 6.07) is 6.53. The number of carbonyl (C=O) groups excluding carboxylic acids is 3. The highest BCUT2D eigenvalue weighted by atomic mass is 32.2. The van der Waals surface area contributed by atoms with Gasteiger partial charge in [0.1, 0.15) is 11.6 Å². The molecule has 2 N–H and O–H groups in total. The number of thioether (sulfide) groups is 1. The van der Waals surface area contributed by atoms with Crippen molar-refractivity contribution in [2.75, 3.05) is 26.0 Å². The van der Waals surface area contributed by atoms with E-state index in [1.807, 2.05) is 33.7 Å². The number of carbonyl (C=O) groups is 3. The Balaban J connectivity index is 1.57. The molecule has 1 aromatic carbocycles. The molecule has 2 aromatic rings. The van der Waals surface area contributed by atoms with Gasteiger partial charge in [0.05, 0.1) is 12.9 Å². The van der Waals surface area contributed by atoms with Crippen LogP contribution in [0.5, 0.6) is 5.75 Å². The van der Waals surface area contributed by atoms with Crippen LogP contribution in [-0.2, 0) is 16.0 Å². The van der Waals surface area contributed by atoms with Crippen LogP contribution < -0.4 is 15.4 Å². The minimum Gasteiger partial charge on any atom is -0.497 e. The SMILES string of the molecule is COc1ccc(-n2c(CC3CC(=O)NC(=O)N3)nnc2SCC(=O)N2CCCC2)cc1. The van der Waals surface area contributed by atoms with Gasteiger partial charge in [0.2, 0.25) is 11.8 Å². The maximum absolute atomic E-state index is 12.5. The van der Waals surface area contributed by atoms with E-state index >= 15 is 0 Å². The fraction of sp³-hybridized carbons (Fsp3) is 0.450. The lowest BCUT2D eigenvalue weighted by Gasteiger charge is -2.23. The Morgan fingerprint density at radius 1 is 1.19 bits per heavy atom. The maximum atomic E-state index is 12.5. The van der Waals surface area contributed by atoms with Gasteiger partial charge >= 0.3 is 6.03 Å². The van der Waals surface area contributed by atoms with Gasteiger partial charge in [-0.25, -0.2) is 4.79 Å². The van der Waals surface area contributed by atoms with E-state index in [1.165, 1.54) is 11.8 Å². The number of ether oxygens (including phenoxy) is 1. The van der Waals surface area contributed by atoms with Gasteiger partial charge in [-0.2, -0.15) is 0 Å². The lowest BCUT2D eigenvalue weighted by Crippen LogP contribution is -2.53. The molecular formula is C20H24N6O4S. The molecule has 0 bridgehead atoms. The summed E-state index contributed by atoms with van der Waals surface area (Å²) in [5, 5.41) is 14.2. The molecule has 2 fully saturated rings. The summed E-state index contributed by atoms with van der Waals surface area (Å²) in [4.78, 5) is 37.8. The van der Waals surface area contributed by atoms with E-state index < -0.39 is 6.03 Å². The second-order valence-corrected chi connectivity index (χ2v) is 8.38. The van der Waals surface area contributed by atoms with Crippen LogP contribution in [0, 0.1) is 0 Å². The predicted octanol–water partition coefficient (Wildman–Crippen LogP) is 1.13. The molecule has 164 valence electrons. The normalized spacial score (nSPS) is 18.6. The average molecular weight is 445 g/mol. The minimum absolute atomic E-state index is 0.0875. The van der Waals surface area contributed by atoms with Gasteiger partial charge in [-0.15, -0.1) is 10.2 Å². The van der Waals surface area contributed by atoms with E-state index in [-0.39, 0.29) is 30.0 Å². The Bertz CT molecular complexity index is 955. The number of hydrogen-bond acceptors (Lipinski definition) is 7. The monoisotopic (exact) mass is 444 g/mol. The van der Waals surface area contributed by atoms with E-state index in [4.69, 9.17) is 4.74 Å². The minimum atomic E-state index is -0.512. The number of imide groups is 1. The molecule has 11 heteroatoms. The third-order valence-corrected chi connectivity index (χ3v) is 6.18. The van der Waals surface area contributed by atoms with Crippen LogP contribution in [0.3, 0.4) is 0 Å². The van der Waals surface area contributed by atoms with Gasteiger partial charge in [0.15, 0.2) is 5.16 Å². The van der Waals surface area contributed by atoms with E-state index in [0.29, 0.717) is 23.2 Å². The molecule has 2 aliphatic heterocycles. The Labute approximate surface area is 183 Å². The van der Waals surface area contributed by atoms with E-state index in [2.05, 4.69) is 20.8 Å². The topological polar surface area (TPSA) is 118 Å². The molecule has 0 radical (unpaired) electrons. The molecule has 4 amide bonds. The standard InChI is InChI=1S/C20H24N6O4S/c1-30-15-6-4-14(5-7-15)26-16(10-13-11-17(27)22-19(29)21-13)23-24-20(26)31-12-18(28)25-8-2-3-9-25/h4-7,13H,2-3,8-12H2,1H3,(H2,21,22,27,29). The highest BCUT2D eigenvalue weighted by Gasteiger charge is 2.27. The molecule has 1 atom stereocenters. The van der Waals surface area contributed by atoms with Gasteiger partial charge in [0.25, 0.3) is 0 Å². The zero-order valence-electron chi connectivity index (χ0n) is 17.2. The van der Waals surface area contributed by atoms with Crippen LogP contribution in [0.2, 0.25) is 0 Å². The molecule has 0 saturated carbocycles. The van der Waals surface area contributed by atoms with Gasteiger partial charge in [-0.05, 0) is 37.1 Å². The number of benzene rings is 1. The Morgan fingerprint density at radius 2 is 1.94 bits per heavy atom. The summed E-state index contributed by atoms with van der Waals surface area (Å²) in [6.07, 6.45) is 2.59. The molecule has 4 rings (SSSR count). The molecule has 1 aromatic heterocycles. The second-order valence-electron chi connectivity index (χ2n) is 7.44. The van der Waals surface area contributed by atoms with Crippen LogP contribution in [0.25, 0.3) is 5.69 Å². The zero-order chi connectivity index (χ0) is 21.8. The van der Waals surface area contributed by atoms with Gasteiger partial charge in [-0.3, -0.25) is 19.5 Å². The van der Waals surface area contributed by atoms with Crippen molar-refractivity contribution in [1.82, 2.24) is 30.3 Å². The number of rotatable bonds is 7. The number of nitrogens with one attached hydrogen (secondary N) is 2. The maximum Gasteiger partial charge on any atom is 0.321 e. The lowest BCUT2D eigenvalue weighted by molar-refractivity contribution is -0.127. The Hall–Kier alpha value is -3.08. The summed E-state index contributed by atoms with van der Waals surface area (Å²) in [5.41, 5.74) is 0.809. The average Bonchev–Trinajstić information content (AvgIpc) is 3.42. The summed E-state index contributed by atoms with van der Waals surface area (Å²) in [7, 11) is 1.60. The first-order valence-electron chi connectivity index (χ1n) is 10.1. The number of nitrogens with zero attached hydrogens (tertiary/aromatic N) is 4. The number of urea groups is 1. The van der Waals surface area contributed by atoms with Gasteiger partial charge in [0, 0.05) is 37.7 Å². The Morgan fingerprint density at radius 3 is 2.61 bits per heavy atom. The molecule has 1 unspecified atom stereocenters. The van der Waals surface area contributed by atoms with Crippen molar-refractivity contribution in [1.29, 1.82) is 0 Å². The van der Waals surface area contributed by atoms with Crippen molar-refractivity contribution in [3.63, 3.8) is 0 Å². The third-order valence-electron chi connectivity index (χ3n) is 5.26. The highest BCUT2D eigenvalue weighted by Crippen LogP contribution is 2.25. The molecule has 10 nitrogen and oxygen atoms in total. The largest absolute Gasteiger partial charge is 0.497 e. The first kappa shape index (κ1) is 21.2. The quantitative estimate of drug-likeness (QED) is 0.615. The van der Waals surface area contributed by atoms with Crippen molar-refractivity contribution in [3.8, 4) is 11.4 Å². The van der Waals surface area contributed by atoms with Crippen molar-refractivity contribution < 1.29 is 19.1 Å². The van der Waals surface area contributed by atoms with E-state index in [0.717, 1.165) is 31.6 Å². The second kappa shape index (κ2) is 9.38. The van der Waals surface area contributed by atoms with Crippen molar-refractivity contribution in [2.24, 2.45) is 0 Å². The summed E-state index contributed by atoms with van der Waals surface area (Å²) >= 11 is 1.33. The van der Waals surface area contributed by atoms with Crippen LogP contribution in [0.4, 0.5) is 4.79 Å². The van der Waals surface area contributed by atoms with Crippen molar-refractivity contribution in [2.45, 2.75) is 36.9 Å². The molecule has 0 spiro atoms. The number of amides is 4. The number of hydrogen-bond donors (Lipinski definition) is 2. The summed E-state index contributed by atoms with van der Waals surface area (Å²) in [6.45, 7) is 1.61. The van der Waals surface area contributed by atoms with Crippen LogP contribution >= 0.6 is 11.8 Å². The Kier molecular flexibility index (Phi) is 6.40. The number of likely N-dealkylation sites (tertiary alicyclic amines) is 1. The molecule has 3 heterocycles. The van der Waals surface area contributed by atoms with Crippen LogP contribution in [-0.4, -0.2) is 69.5 Å². The highest BCUT2D eigenvalue weighted by molar-refractivity contribution is 7.99. The lowest BCUT2D eigenvalue weighted by atomic mass is 10.1. The number of aromatic nitrogens is 3. The first-order chi connectivity index (χ1) is 15.0. The van der Waals surface area contributed by atoms with Crippen LogP contribution in [0.1, 0.15) is 25.1 Å². The van der Waals surface area contributed by atoms with E-state index in [1.54, 1.807) is 7.11 Å². The van der Waals surface area contributed by atoms with Gasteiger partial charge in [-0.1, -0.05) is 11.8 Å². The predicted molar refractivity (Wildman–Crippen MR) is 113 cm³/mol. The summed E-state index contributed by atoms with van der Waals surface area (Å²) < 4.78 is 7.10.